The van der Waals surface area contributed by atoms with Crippen LogP contribution >= 0.6 is 0 Å². The summed E-state index contributed by atoms with van der Waals surface area (Å²) in [6, 6.07) is 10.8. The molecular weight excluding hydrogens is 373 g/mol. The van der Waals surface area contributed by atoms with E-state index in [1.165, 1.54) is 20.3 Å². The number of aromatic nitrogens is 1. The van der Waals surface area contributed by atoms with Gasteiger partial charge in [0.2, 0.25) is 0 Å². The minimum atomic E-state index is -4.57. The lowest BCUT2D eigenvalue weighted by Gasteiger charge is -2.16. The lowest BCUT2D eigenvalue weighted by Crippen LogP contribution is -2.13. The zero-order chi connectivity index (χ0) is 20.3. The molecule has 0 atom stereocenters. The topological polar surface area (TPSA) is 63.6 Å². The molecule has 0 saturated carbocycles. The van der Waals surface area contributed by atoms with Crippen molar-refractivity contribution in [3.63, 3.8) is 0 Å². The highest BCUT2D eigenvalue weighted by molar-refractivity contribution is 5.82. The molecule has 28 heavy (non-hydrogen) atoms. The molecule has 0 aliphatic carbocycles. The summed E-state index contributed by atoms with van der Waals surface area (Å²) < 4.78 is 51.0. The number of hydrogen-bond donors (Lipinski definition) is 2. The van der Waals surface area contributed by atoms with E-state index in [0.717, 1.165) is 6.07 Å². The first-order valence-electron chi connectivity index (χ1n) is 8.42. The normalized spacial score (nSPS) is 11.5. The summed E-state index contributed by atoms with van der Waals surface area (Å²) in [6.45, 7) is -0.140. The van der Waals surface area contributed by atoms with Crippen molar-refractivity contribution in [1.82, 2.24) is 4.98 Å². The molecule has 0 unspecified atom stereocenters. The standard InChI is InChI=1S/C20H19F3N2O3/c1-27-15-6-5-14(18(9-15)28-2)10-24-19-16(20(21,22)23)8-13-4-3-12(11-26)7-17(13)25-19/h3-9,26H,10-11H2,1-2H3,(H,24,25). The van der Waals surface area contributed by atoms with Crippen molar-refractivity contribution >= 4 is 16.7 Å². The summed E-state index contributed by atoms with van der Waals surface area (Å²) in [6.07, 6.45) is -4.57. The van der Waals surface area contributed by atoms with Crippen LogP contribution in [0.3, 0.4) is 0 Å². The van der Waals surface area contributed by atoms with Crippen molar-refractivity contribution in [2.24, 2.45) is 0 Å². The quantitative estimate of drug-likeness (QED) is 0.652. The second-order valence-electron chi connectivity index (χ2n) is 6.10. The molecular formula is C20H19F3N2O3. The zero-order valence-electron chi connectivity index (χ0n) is 15.3. The van der Waals surface area contributed by atoms with Crippen LogP contribution in [0.25, 0.3) is 10.9 Å². The average Bonchev–Trinajstić information content (AvgIpc) is 2.70. The summed E-state index contributed by atoms with van der Waals surface area (Å²) in [5.74, 6) is 0.786. The van der Waals surface area contributed by atoms with Gasteiger partial charge < -0.3 is 19.9 Å². The minimum absolute atomic E-state index is 0.0778. The highest BCUT2D eigenvalue weighted by atomic mass is 19.4. The number of nitrogens with zero attached hydrogens (tertiary/aromatic N) is 1. The summed E-state index contributed by atoms with van der Waals surface area (Å²) in [5.41, 5.74) is 0.734. The molecule has 3 rings (SSSR count). The van der Waals surface area contributed by atoms with Crippen LogP contribution in [-0.4, -0.2) is 24.3 Å². The Hall–Kier alpha value is -3.00. The van der Waals surface area contributed by atoms with Gasteiger partial charge in [-0.1, -0.05) is 12.1 Å². The van der Waals surface area contributed by atoms with E-state index in [4.69, 9.17) is 9.47 Å². The fourth-order valence-electron chi connectivity index (χ4n) is 2.84. The van der Waals surface area contributed by atoms with E-state index in [9.17, 15) is 18.3 Å². The molecule has 1 aromatic heterocycles. The second kappa shape index (κ2) is 7.93. The first kappa shape index (κ1) is 19.8. The van der Waals surface area contributed by atoms with Gasteiger partial charge in [-0.3, -0.25) is 0 Å². The van der Waals surface area contributed by atoms with Crippen LogP contribution in [0.4, 0.5) is 19.0 Å². The number of hydrogen-bond acceptors (Lipinski definition) is 5. The van der Waals surface area contributed by atoms with Crippen molar-refractivity contribution in [2.75, 3.05) is 19.5 Å². The summed E-state index contributed by atoms with van der Waals surface area (Å²) in [4.78, 5) is 4.15. The van der Waals surface area contributed by atoms with Gasteiger partial charge in [0.15, 0.2) is 0 Å². The van der Waals surface area contributed by atoms with Crippen LogP contribution in [0.2, 0.25) is 0 Å². The number of alkyl halides is 3. The molecule has 0 saturated heterocycles. The van der Waals surface area contributed by atoms with E-state index in [-0.39, 0.29) is 19.0 Å². The molecule has 2 aromatic carbocycles. The maximum atomic E-state index is 13.5. The number of aliphatic hydroxyl groups excluding tert-OH is 1. The molecule has 8 heteroatoms. The van der Waals surface area contributed by atoms with Crippen molar-refractivity contribution in [3.05, 3.63) is 59.2 Å². The van der Waals surface area contributed by atoms with Gasteiger partial charge in [0.1, 0.15) is 17.3 Å². The third-order valence-electron chi connectivity index (χ3n) is 4.31. The largest absolute Gasteiger partial charge is 0.497 e. The molecule has 0 aliphatic rings. The SMILES string of the molecule is COc1ccc(CNc2nc3cc(CO)ccc3cc2C(F)(F)F)c(OC)c1. The van der Waals surface area contributed by atoms with Gasteiger partial charge in [0.05, 0.1) is 31.9 Å². The maximum Gasteiger partial charge on any atom is 0.419 e. The van der Waals surface area contributed by atoms with Crippen LogP contribution in [-0.2, 0) is 19.3 Å². The maximum absolute atomic E-state index is 13.5. The number of nitrogens with one attached hydrogen (secondary N) is 1. The highest BCUT2D eigenvalue weighted by Gasteiger charge is 2.35. The molecule has 0 fully saturated rings. The Bertz CT molecular complexity index is 990. The van der Waals surface area contributed by atoms with Crippen LogP contribution in [0.1, 0.15) is 16.7 Å². The Balaban J connectivity index is 1.99. The summed E-state index contributed by atoms with van der Waals surface area (Å²) in [7, 11) is 2.99. The fraction of sp³-hybridized carbons (Fsp3) is 0.250. The Morgan fingerprint density at radius 1 is 1.04 bits per heavy atom. The minimum Gasteiger partial charge on any atom is -0.497 e. The number of rotatable bonds is 6. The predicted octanol–water partition coefficient (Wildman–Crippen LogP) is 4.38. The van der Waals surface area contributed by atoms with Crippen molar-refractivity contribution in [3.8, 4) is 11.5 Å². The Morgan fingerprint density at radius 2 is 1.82 bits per heavy atom. The Kier molecular flexibility index (Phi) is 5.60. The van der Waals surface area contributed by atoms with Crippen LogP contribution in [0, 0.1) is 0 Å². The van der Waals surface area contributed by atoms with Gasteiger partial charge in [-0.15, -0.1) is 0 Å². The molecule has 0 aliphatic heterocycles. The van der Waals surface area contributed by atoms with Gasteiger partial charge in [0, 0.05) is 23.6 Å². The molecule has 0 bridgehead atoms. The number of benzene rings is 2. The third kappa shape index (κ3) is 4.12. The lowest BCUT2D eigenvalue weighted by molar-refractivity contribution is -0.137. The highest BCUT2D eigenvalue weighted by Crippen LogP contribution is 2.36. The first-order chi connectivity index (χ1) is 13.4. The van der Waals surface area contributed by atoms with Crippen molar-refractivity contribution in [1.29, 1.82) is 0 Å². The number of ether oxygens (including phenoxy) is 2. The number of halogens is 3. The van der Waals surface area contributed by atoms with Crippen LogP contribution in [0.15, 0.2) is 42.5 Å². The third-order valence-corrected chi connectivity index (χ3v) is 4.31. The Labute approximate surface area is 159 Å². The lowest BCUT2D eigenvalue weighted by atomic mass is 10.1. The van der Waals surface area contributed by atoms with E-state index in [1.807, 2.05) is 0 Å². The average molecular weight is 392 g/mol. The number of pyridine rings is 1. The molecule has 3 aromatic rings. The smallest absolute Gasteiger partial charge is 0.419 e. The summed E-state index contributed by atoms with van der Waals surface area (Å²) in [5, 5.41) is 12.4. The van der Waals surface area contributed by atoms with Crippen molar-refractivity contribution < 1.29 is 27.8 Å². The monoisotopic (exact) mass is 392 g/mol. The molecule has 0 radical (unpaired) electrons. The second-order valence-corrected chi connectivity index (χ2v) is 6.10. The molecule has 0 amide bonds. The van der Waals surface area contributed by atoms with Gasteiger partial charge in [-0.05, 0) is 29.8 Å². The van der Waals surface area contributed by atoms with E-state index < -0.39 is 11.7 Å². The van der Waals surface area contributed by atoms with Gasteiger partial charge >= 0.3 is 6.18 Å². The number of methoxy groups -OCH3 is 2. The van der Waals surface area contributed by atoms with E-state index in [1.54, 1.807) is 30.3 Å². The van der Waals surface area contributed by atoms with Crippen molar-refractivity contribution in [2.45, 2.75) is 19.3 Å². The fourth-order valence-corrected chi connectivity index (χ4v) is 2.84. The van der Waals surface area contributed by atoms with E-state index >= 15 is 0 Å². The Morgan fingerprint density at radius 3 is 2.46 bits per heavy atom. The number of aliphatic hydroxyl groups is 1. The molecule has 2 N–H and O–H groups in total. The molecule has 5 nitrogen and oxygen atoms in total. The molecule has 1 heterocycles. The predicted molar refractivity (Wildman–Crippen MR) is 99.5 cm³/mol. The van der Waals surface area contributed by atoms with Gasteiger partial charge in [-0.25, -0.2) is 4.98 Å². The first-order valence-corrected chi connectivity index (χ1v) is 8.42. The van der Waals surface area contributed by atoms with E-state index in [0.29, 0.717) is 33.5 Å². The number of fused-ring (bicyclic) bond motifs is 1. The van der Waals surface area contributed by atoms with E-state index in [2.05, 4.69) is 10.3 Å². The molecule has 0 spiro atoms. The van der Waals surface area contributed by atoms with Gasteiger partial charge in [0.25, 0.3) is 0 Å². The van der Waals surface area contributed by atoms with Crippen LogP contribution in [0.5, 0.6) is 11.5 Å². The molecule has 148 valence electrons. The van der Waals surface area contributed by atoms with Crippen LogP contribution < -0.4 is 14.8 Å². The van der Waals surface area contributed by atoms with Gasteiger partial charge in [-0.2, -0.15) is 13.2 Å². The zero-order valence-corrected chi connectivity index (χ0v) is 15.3. The number of anilines is 1. The summed E-state index contributed by atoms with van der Waals surface area (Å²) >= 11 is 0.